The fraction of sp³-hybridized carbons (Fsp3) is 0.364. The Morgan fingerprint density at radius 2 is 2.06 bits per heavy atom. The van der Waals surface area contributed by atoms with Gasteiger partial charge in [-0.2, -0.15) is 0 Å². The van der Waals surface area contributed by atoms with Crippen LogP contribution in [0.15, 0.2) is 27.6 Å². The molecule has 0 bridgehead atoms. The molecule has 0 amide bonds. The van der Waals surface area contributed by atoms with Crippen molar-refractivity contribution in [3.05, 3.63) is 55.4 Å². The lowest BCUT2D eigenvalue weighted by atomic mass is 9.97. The number of carbonyl (C=O) groups excluding carboxylic acids is 1. The van der Waals surface area contributed by atoms with E-state index >= 15 is 0 Å². The highest BCUT2D eigenvalue weighted by Crippen LogP contribution is 2.34. The molecule has 0 saturated heterocycles. The van der Waals surface area contributed by atoms with E-state index in [9.17, 15) is 9.59 Å². The highest BCUT2D eigenvalue weighted by Gasteiger charge is 2.22. The summed E-state index contributed by atoms with van der Waals surface area (Å²) in [6.45, 7) is 3.93. The summed E-state index contributed by atoms with van der Waals surface area (Å²) in [5, 5.41) is 4.16. The quantitative estimate of drug-likeness (QED) is 0.240. The number of thiazole rings is 1. The second-order valence-corrected chi connectivity index (χ2v) is 10.7. The number of Topliss-reactive ketones (excluding diaryl/α,β-unsaturated/α-hetero) is 1. The van der Waals surface area contributed by atoms with Crippen molar-refractivity contribution in [2.24, 2.45) is 7.05 Å². The van der Waals surface area contributed by atoms with Gasteiger partial charge in [0.05, 0.1) is 11.1 Å². The maximum atomic E-state index is 13.1. The molecule has 0 unspecified atom stereocenters. The number of carbonyl (C=O) groups is 1. The molecule has 0 fully saturated rings. The van der Waals surface area contributed by atoms with E-state index in [0.717, 1.165) is 46.0 Å². The molecule has 4 aromatic rings. The first-order valence-electron chi connectivity index (χ1n) is 10.2. The van der Waals surface area contributed by atoms with Crippen molar-refractivity contribution in [1.29, 1.82) is 0 Å². The summed E-state index contributed by atoms with van der Waals surface area (Å²) < 4.78 is 3.61. The molecule has 6 nitrogen and oxygen atoms in total. The van der Waals surface area contributed by atoms with Crippen LogP contribution in [-0.4, -0.2) is 30.6 Å². The summed E-state index contributed by atoms with van der Waals surface area (Å²) in [7, 11) is 1.75. The first-order valence-corrected chi connectivity index (χ1v) is 12.9. The van der Waals surface area contributed by atoms with Crippen LogP contribution >= 0.6 is 34.4 Å². The number of fused-ring (bicyclic) bond motifs is 3. The number of nitrogens with zero attached hydrogens (tertiary/aromatic N) is 4. The van der Waals surface area contributed by atoms with Gasteiger partial charge >= 0.3 is 0 Å². The van der Waals surface area contributed by atoms with Crippen molar-refractivity contribution in [2.45, 2.75) is 44.7 Å². The number of thiophene rings is 1. The molecule has 1 aliphatic carbocycles. The molecular formula is C22H22N4O2S3. The molecule has 0 aromatic carbocycles. The fourth-order valence-corrected chi connectivity index (χ4v) is 7.18. The number of hydrogen-bond acceptors (Lipinski definition) is 7. The predicted octanol–water partition coefficient (Wildman–Crippen LogP) is 4.71. The van der Waals surface area contributed by atoms with Crippen LogP contribution in [0.25, 0.3) is 15.3 Å². The lowest BCUT2D eigenvalue weighted by Crippen LogP contribution is -2.21. The molecule has 0 radical (unpaired) electrons. The molecule has 4 heterocycles. The smallest absolute Gasteiger partial charge is 0.262 e. The van der Waals surface area contributed by atoms with Crippen molar-refractivity contribution in [2.75, 3.05) is 5.75 Å². The molecule has 4 aromatic heterocycles. The molecule has 160 valence electrons. The Balaban J connectivity index is 1.43. The Kier molecular flexibility index (Phi) is 5.35. The monoisotopic (exact) mass is 470 g/mol. The van der Waals surface area contributed by atoms with Gasteiger partial charge < -0.3 is 0 Å². The number of rotatable bonds is 5. The van der Waals surface area contributed by atoms with Crippen LogP contribution in [-0.2, 0) is 19.9 Å². The van der Waals surface area contributed by atoms with Gasteiger partial charge in [-0.25, -0.2) is 9.97 Å². The molecule has 0 N–H and O–H groups in total. The number of aryl methyl sites for hydroxylation is 3. The highest BCUT2D eigenvalue weighted by molar-refractivity contribution is 7.99. The SMILES string of the molecule is Cc1cc(C(=O)CSc2nc3sc4c(c3c(=O)n2C)CCCC4)c(C)n1-c1nccs1. The lowest BCUT2D eigenvalue weighted by Gasteiger charge is -2.10. The van der Waals surface area contributed by atoms with Crippen molar-refractivity contribution >= 4 is 50.4 Å². The molecule has 31 heavy (non-hydrogen) atoms. The predicted molar refractivity (Wildman–Crippen MR) is 127 cm³/mol. The second-order valence-electron chi connectivity index (χ2n) is 7.80. The highest BCUT2D eigenvalue weighted by atomic mass is 32.2. The van der Waals surface area contributed by atoms with E-state index in [4.69, 9.17) is 4.98 Å². The van der Waals surface area contributed by atoms with Gasteiger partial charge in [-0.05, 0) is 51.2 Å². The van der Waals surface area contributed by atoms with Gasteiger partial charge in [-0.1, -0.05) is 11.8 Å². The number of hydrogen-bond donors (Lipinski definition) is 0. The Bertz CT molecular complexity index is 1360. The number of aromatic nitrogens is 4. The first kappa shape index (κ1) is 20.7. The summed E-state index contributed by atoms with van der Waals surface area (Å²) in [6.07, 6.45) is 6.07. The van der Waals surface area contributed by atoms with Gasteiger partial charge in [0.1, 0.15) is 4.83 Å². The minimum atomic E-state index is 0.00120. The normalized spacial score (nSPS) is 13.6. The third-order valence-corrected chi connectivity index (χ3v) is 8.80. The summed E-state index contributed by atoms with van der Waals surface area (Å²) in [5.41, 5.74) is 3.76. The fourth-order valence-electron chi connectivity index (χ4n) is 4.27. The van der Waals surface area contributed by atoms with Crippen LogP contribution in [0.3, 0.4) is 0 Å². The van der Waals surface area contributed by atoms with E-state index in [1.165, 1.54) is 28.6 Å². The van der Waals surface area contributed by atoms with E-state index in [1.807, 2.05) is 29.9 Å². The molecule has 5 rings (SSSR count). The molecule has 1 aliphatic rings. The summed E-state index contributed by atoms with van der Waals surface area (Å²) >= 11 is 4.52. The van der Waals surface area contributed by atoms with Gasteiger partial charge in [0.15, 0.2) is 16.1 Å². The van der Waals surface area contributed by atoms with Crippen LogP contribution < -0.4 is 5.56 Å². The van der Waals surface area contributed by atoms with Crippen LogP contribution in [0.5, 0.6) is 0 Å². The maximum absolute atomic E-state index is 13.1. The zero-order valence-electron chi connectivity index (χ0n) is 17.6. The topological polar surface area (TPSA) is 69.8 Å². The second kappa shape index (κ2) is 8.03. The molecule has 9 heteroatoms. The van der Waals surface area contributed by atoms with Crippen LogP contribution in [0.4, 0.5) is 0 Å². The van der Waals surface area contributed by atoms with Crippen molar-refractivity contribution < 1.29 is 4.79 Å². The summed E-state index contributed by atoms with van der Waals surface area (Å²) in [4.78, 5) is 37.3. The summed E-state index contributed by atoms with van der Waals surface area (Å²) in [5.74, 6) is 0.264. The van der Waals surface area contributed by atoms with Gasteiger partial charge in [0, 0.05) is 40.5 Å². The van der Waals surface area contributed by atoms with Crippen molar-refractivity contribution in [3.63, 3.8) is 0 Å². The number of ketones is 1. The average Bonchev–Trinajstić information content (AvgIpc) is 3.46. The molecule has 0 aliphatic heterocycles. The van der Waals surface area contributed by atoms with Crippen LogP contribution in [0.2, 0.25) is 0 Å². The van der Waals surface area contributed by atoms with Gasteiger partial charge in [-0.3, -0.25) is 18.7 Å². The largest absolute Gasteiger partial charge is 0.294 e. The molecular weight excluding hydrogens is 448 g/mol. The Hall–Kier alpha value is -2.23. The molecule has 0 spiro atoms. The standard InChI is InChI=1S/C22H22N4O2S3/c1-12-10-15(13(2)26(12)21-23-8-9-29-21)16(27)11-30-22-24-19-18(20(28)25(22)3)14-6-4-5-7-17(14)31-19/h8-10H,4-7,11H2,1-3H3. The van der Waals surface area contributed by atoms with Gasteiger partial charge in [0.25, 0.3) is 5.56 Å². The van der Waals surface area contributed by atoms with E-state index in [-0.39, 0.29) is 17.1 Å². The van der Waals surface area contributed by atoms with Gasteiger partial charge in [-0.15, -0.1) is 22.7 Å². The van der Waals surface area contributed by atoms with Gasteiger partial charge in [0.2, 0.25) is 0 Å². The van der Waals surface area contributed by atoms with Crippen LogP contribution in [0, 0.1) is 13.8 Å². The zero-order chi connectivity index (χ0) is 21.7. The summed E-state index contributed by atoms with van der Waals surface area (Å²) in [6, 6.07) is 1.92. The van der Waals surface area contributed by atoms with Crippen molar-refractivity contribution in [1.82, 2.24) is 19.1 Å². The number of thioether (sulfide) groups is 1. The molecule has 0 atom stereocenters. The van der Waals surface area contributed by atoms with Crippen LogP contribution in [0.1, 0.15) is 45.0 Å². The molecule has 0 saturated carbocycles. The first-order chi connectivity index (χ1) is 15.0. The Labute approximate surface area is 192 Å². The Morgan fingerprint density at radius 1 is 1.26 bits per heavy atom. The minimum absolute atomic E-state index is 0.00120. The third-order valence-electron chi connectivity index (χ3n) is 5.83. The minimum Gasteiger partial charge on any atom is -0.294 e. The average molecular weight is 471 g/mol. The van der Waals surface area contributed by atoms with Crippen molar-refractivity contribution in [3.8, 4) is 5.13 Å². The maximum Gasteiger partial charge on any atom is 0.262 e. The van der Waals surface area contributed by atoms with E-state index in [2.05, 4.69) is 4.98 Å². The van der Waals surface area contributed by atoms with E-state index < -0.39 is 0 Å². The van der Waals surface area contributed by atoms with E-state index in [1.54, 1.807) is 40.5 Å². The third kappa shape index (κ3) is 3.48. The zero-order valence-corrected chi connectivity index (χ0v) is 20.0. The van der Waals surface area contributed by atoms with E-state index in [0.29, 0.717) is 10.7 Å². The lowest BCUT2D eigenvalue weighted by molar-refractivity contribution is 0.102. The Morgan fingerprint density at radius 3 is 2.84 bits per heavy atom.